The lowest BCUT2D eigenvalue weighted by Gasteiger charge is -2.15. The van der Waals surface area contributed by atoms with Gasteiger partial charge in [0.2, 0.25) is 5.75 Å². The molecule has 29 heavy (non-hydrogen) atoms. The van der Waals surface area contributed by atoms with Gasteiger partial charge in [-0.1, -0.05) is 0 Å². The largest absolute Gasteiger partial charge is 0.493 e. The first-order valence-electron chi connectivity index (χ1n) is 8.82. The Balaban J connectivity index is 1.66. The molecule has 152 valence electrons. The van der Waals surface area contributed by atoms with Gasteiger partial charge >= 0.3 is 6.03 Å². The topological polar surface area (TPSA) is 99.5 Å². The molecule has 0 radical (unpaired) electrons. The molecular formula is C20H23N5O4. The van der Waals surface area contributed by atoms with Crippen molar-refractivity contribution in [2.24, 2.45) is 7.05 Å². The highest BCUT2D eigenvalue weighted by Crippen LogP contribution is 2.39. The van der Waals surface area contributed by atoms with Gasteiger partial charge in [0.25, 0.3) is 0 Å². The van der Waals surface area contributed by atoms with E-state index in [0.717, 1.165) is 16.7 Å². The van der Waals surface area contributed by atoms with Crippen molar-refractivity contribution in [1.29, 1.82) is 0 Å². The van der Waals surface area contributed by atoms with Crippen LogP contribution >= 0.6 is 0 Å². The number of pyridine rings is 1. The number of hydrogen-bond acceptors (Lipinski definition) is 6. The lowest BCUT2D eigenvalue weighted by Crippen LogP contribution is -2.28. The third kappa shape index (κ3) is 4.75. The highest BCUT2D eigenvalue weighted by Gasteiger charge is 2.14. The summed E-state index contributed by atoms with van der Waals surface area (Å²) in [6, 6.07) is 4.91. The summed E-state index contributed by atoms with van der Waals surface area (Å²) in [6.45, 7) is 0.317. The Labute approximate surface area is 168 Å². The number of urea groups is 1. The van der Waals surface area contributed by atoms with Crippen LogP contribution in [-0.2, 0) is 13.6 Å². The molecule has 0 fully saturated rings. The Kier molecular flexibility index (Phi) is 6.18. The van der Waals surface area contributed by atoms with Gasteiger partial charge in [-0.05, 0) is 11.6 Å². The highest BCUT2D eigenvalue weighted by molar-refractivity contribution is 5.90. The van der Waals surface area contributed by atoms with Crippen LogP contribution < -0.4 is 24.8 Å². The predicted octanol–water partition coefficient (Wildman–Crippen LogP) is 2.83. The molecule has 0 aliphatic carbocycles. The quantitative estimate of drug-likeness (QED) is 0.636. The zero-order valence-electron chi connectivity index (χ0n) is 16.7. The summed E-state index contributed by atoms with van der Waals surface area (Å²) in [7, 11) is 6.41. The van der Waals surface area contributed by atoms with Crippen LogP contribution in [0.15, 0.2) is 43.0 Å². The molecule has 0 aliphatic rings. The van der Waals surface area contributed by atoms with Gasteiger partial charge < -0.3 is 24.8 Å². The van der Waals surface area contributed by atoms with Crippen LogP contribution in [0.4, 0.5) is 10.5 Å². The zero-order valence-corrected chi connectivity index (χ0v) is 16.7. The van der Waals surface area contributed by atoms with Gasteiger partial charge in [0, 0.05) is 55.4 Å². The lowest BCUT2D eigenvalue weighted by molar-refractivity contribution is 0.251. The van der Waals surface area contributed by atoms with Crippen LogP contribution in [0.5, 0.6) is 17.2 Å². The number of benzene rings is 1. The second kappa shape index (κ2) is 8.96. The molecule has 0 spiro atoms. The van der Waals surface area contributed by atoms with E-state index < -0.39 is 0 Å². The van der Waals surface area contributed by atoms with Crippen molar-refractivity contribution in [3.63, 3.8) is 0 Å². The number of ether oxygens (including phenoxy) is 3. The van der Waals surface area contributed by atoms with Gasteiger partial charge in [-0.15, -0.1) is 0 Å². The summed E-state index contributed by atoms with van der Waals surface area (Å²) in [5.41, 5.74) is 3.27. The Morgan fingerprint density at radius 3 is 2.31 bits per heavy atom. The molecule has 0 aliphatic heterocycles. The molecule has 0 saturated carbocycles. The van der Waals surface area contributed by atoms with Crippen molar-refractivity contribution in [3.8, 4) is 28.4 Å². The van der Waals surface area contributed by atoms with Crippen LogP contribution in [0.1, 0.15) is 5.56 Å². The summed E-state index contributed by atoms with van der Waals surface area (Å²) < 4.78 is 17.6. The van der Waals surface area contributed by atoms with Crippen LogP contribution in [0.25, 0.3) is 11.1 Å². The molecule has 2 aromatic heterocycles. The zero-order chi connectivity index (χ0) is 20.8. The van der Waals surface area contributed by atoms with E-state index in [-0.39, 0.29) is 6.03 Å². The van der Waals surface area contributed by atoms with E-state index in [0.29, 0.717) is 29.5 Å². The molecule has 9 nitrogen and oxygen atoms in total. The predicted molar refractivity (Wildman–Crippen MR) is 108 cm³/mol. The highest BCUT2D eigenvalue weighted by atomic mass is 16.5. The first kappa shape index (κ1) is 20.0. The molecule has 2 N–H and O–H groups in total. The number of anilines is 1. The molecule has 3 rings (SSSR count). The fraction of sp³-hybridized carbons (Fsp3) is 0.250. The molecule has 0 saturated heterocycles. The van der Waals surface area contributed by atoms with Crippen molar-refractivity contribution in [2.45, 2.75) is 6.54 Å². The van der Waals surface area contributed by atoms with Crippen LogP contribution in [0.3, 0.4) is 0 Å². The normalized spacial score (nSPS) is 10.3. The monoisotopic (exact) mass is 397 g/mol. The fourth-order valence-corrected chi connectivity index (χ4v) is 2.82. The summed E-state index contributed by atoms with van der Waals surface area (Å²) in [6.07, 6.45) is 7.15. The van der Waals surface area contributed by atoms with Gasteiger partial charge in [-0.2, -0.15) is 5.10 Å². The fourth-order valence-electron chi connectivity index (χ4n) is 2.82. The van der Waals surface area contributed by atoms with Crippen LogP contribution in [0.2, 0.25) is 0 Å². The number of amides is 2. The van der Waals surface area contributed by atoms with Crippen molar-refractivity contribution in [3.05, 3.63) is 48.5 Å². The number of aryl methyl sites for hydroxylation is 1. The standard InChI is InChI=1S/C20H23N5O4/c1-25-12-15(11-23-25)14-5-13(8-21-10-14)9-22-20(26)24-16-6-17(27-2)19(29-4)18(7-16)28-3/h5-8,10-12H,9H2,1-4H3,(H2,22,24,26). The molecule has 2 amide bonds. The molecular weight excluding hydrogens is 374 g/mol. The van der Waals surface area contributed by atoms with Gasteiger partial charge in [-0.25, -0.2) is 4.79 Å². The number of rotatable bonds is 7. The van der Waals surface area contributed by atoms with Gasteiger partial charge in [-0.3, -0.25) is 9.67 Å². The van der Waals surface area contributed by atoms with E-state index >= 15 is 0 Å². The van der Waals surface area contributed by atoms with Gasteiger partial charge in [0.05, 0.1) is 33.2 Å². The summed E-state index contributed by atoms with van der Waals surface area (Å²) >= 11 is 0. The third-order valence-electron chi connectivity index (χ3n) is 4.21. The minimum atomic E-state index is -0.369. The summed E-state index contributed by atoms with van der Waals surface area (Å²) in [5.74, 6) is 1.37. The van der Waals surface area contributed by atoms with E-state index in [1.165, 1.54) is 21.3 Å². The lowest BCUT2D eigenvalue weighted by atomic mass is 10.1. The maximum atomic E-state index is 12.3. The number of hydrogen-bond donors (Lipinski definition) is 2. The first-order valence-corrected chi connectivity index (χ1v) is 8.82. The Hall–Kier alpha value is -3.75. The van der Waals surface area contributed by atoms with E-state index in [4.69, 9.17) is 14.2 Å². The molecule has 0 atom stereocenters. The van der Waals surface area contributed by atoms with Crippen LogP contribution in [0, 0.1) is 0 Å². The molecule has 2 heterocycles. The van der Waals surface area contributed by atoms with Crippen molar-refractivity contribution in [1.82, 2.24) is 20.1 Å². The minimum Gasteiger partial charge on any atom is -0.493 e. The Bertz CT molecular complexity index is 977. The van der Waals surface area contributed by atoms with Gasteiger partial charge in [0.1, 0.15) is 0 Å². The van der Waals surface area contributed by atoms with Crippen molar-refractivity contribution >= 4 is 11.7 Å². The molecule has 0 bridgehead atoms. The molecule has 1 aromatic carbocycles. The number of methoxy groups -OCH3 is 3. The van der Waals surface area contributed by atoms with E-state index in [1.54, 1.807) is 35.4 Å². The molecule has 3 aromatic rings. The van der Waals surface area contributed by atoms with Gasteiger partial charge in [0.15, 0.2) is 11.5 Å². The average Bonchev–Trinajstić information content (AvgIpc) is 3.18. The number of carbonyl (C=O) groups is 1. The third-order valence-corrected chi connectivity index (χ3v) is 4.21. The van der Waals surface area contributed by atoms with E-state index in [9.17, 15) is 4.79 Å². The Morgan fingerprint density at radius 2 is 1.72 bits per heavy atom. The van der Waals surface area contributed by atoms with Crippen molar-refractivity contribution < 1.29 is 19.0 Å². The summed E-state index contributed by atoms with van der Waals surface area (Å²) in [5, 5.41) is 9.74. The summed E-state index contributed by atoms with van der Waals surface area (Å²) in [4.78, 5) is 16.6. The Morgan fingerprint density at radius 1 is 1.00 bits per heavy atom. The maximum Gasteiger partial charge on any atom is 0.319 e. The SMILES string of the molecule is COc1cc(NC(=O)NCc2cncc(-c3cnn(C)c3)c2)cc(OC)c1OC. The number of aromatic nitrogens is 3. The van der Waals surface area contributed by atoms with Crippen molar-refractivity contribution in [2.75, 3.05) is 26.6 Å². The second-order valence-corrected chi connectivity index (χ2v) is 6.21. The van der Waals surface area contributed by atoms with E-state index in [2.05, 4.69) is 20.7 Å². The molecule has 0 unspecified atom stereocenters. The average molecular weight is 397 g/mol. The van der Waals surface area contributed by atoms with E-state index in [1.807, 2.05) is 19.3 Å². The number of nitrogens with zero attached hydrogens (tertiary/aromatic N) is 3. The molecule has 9 heteroatoms. The van der Waals surface area contributed by atoms with Crippen LogP contribution in [-0.4, -0.2) is 42.1 Å². The smallest absolute Gasteiger partial charge is 0.319 e. The first-order chi connectivity index (χ1) is 14.0. The maximum absolute atomic E-state index is 12.3. The number of carbonyl (C=O) groups excluding carboxylic acids is 1. The second-order valence-electron chi connectivity index (χ2n) is 6.21. The minimum absolute atomic E-state index is 0.317. The number of nitrogens with one attached hydrogen (secondary N) is 2.